The first-order valence-corrected chi connectivity index (χ1v) is 9.76. The number of methoxy groups -OCH3 is 2. The van der Waals surface area contributed by atoms with Crippen molar-refractivity contribution < 1.29 is 14.3 Å². The minimum Gasteiger partial charge on any atom is -0.497 e. The number of hydrogen-bond acceptors (Lipinski definition) is 4. The summed E-state index contributed by atoms with van der Waals surface area (Å²) >= 11 is 1.47. The summed E-state index contributed by atoms with van der Waals surface area (Å²) in [5, 5.41) is 1.93. The van der Waals surface area contributed by atoms with Gasteiger partial charge in [-0.1, -0.05) is 47.7 Å². The zero-order valence-electron chi connectivity index (χ0n) is 15.7. The number of fused-ring (bicyclic) bond motifs is 2. The number of nitrogens with zero attached hydrogens (tertiary/aromatic N) is 2. The van der Waals surface area contributed by atoms with Gasteiger partial charge < -0.3 is 14.0 Å². The molecule has 1 amide bonds. The van der Waals surface area contributed by atoms with Crippen molar-refractivity contribution in [2.45, 2.75) is 6.54 Å². The summed E-state index contributed by atoms with van der Waals surface area (Å²) in [6.45, 7) is 1.15. The van der Waals surface area contributed by atoms with Crippen LogP contribution in [0.2, 0.25) is 0 Å². The van der Waals surface area contributed by atoms with Crippen molar-refractivity contribution in [2.24, 2.45) is 4.99 Å². The van der Waals surface area contributed by atoms with Gasteiger partial charge in [0.25, 0.3) is 5.91 Å². The van der Waals surface area contributed by atoms with Gasteiger partial charge in [0.05, 0.1) is 23.9 Å². The molecule has 0 radical (unpaired) electrons. The smallest absolute Gasteiger partial charge is 0.280 e. The Morgan fingerprint density at radius 3 is 2.71 bits per heavy atom. The monoisotopic (exact) mass is 392 g/mol. The van der Waals surface area contributed by atoms with Crippen molar-refractivity contribution in [1.82, 2.24) is 4.57 Å². The highest BCUT2D eigenvalue weighted by molar-refractivity contribution is 7.16. The highest BCUT2D eigenvalue weighted by atomic mass is 32.1. The molecule has 142 valence electrons. The van der Waals surface area contributed by atoms with E-state index in [0.717, 1.165) is 26.7 Å². The van der Waals surface area contributed by atoms with E-state index in [1.54, 1.807) is 14.2 Å². The summed E-state index contributed by atoms with van der Waals surface area (Å²) in [6, 6.07) is 19.4. The van der Waals surface area contributed by atoms with Gasteiger partial charge in [-0.3, -0.25) is 4.79 Å². The van der Waals surface area contributed by atoms with Crippen molar-refractivity contribution in [2.75, 3.05) is 20.8 Å². The number of hydrogen-bond donors (Lipinski definition) is 0. The fourth-order valence-corrected chi connectivity index (χ4v) is 4.31. The summed E-state index contributed by atoms with van der Waals surface area (Å²) in [5.41, 5.74) is 1.61. The second-order valence-corrected chi connectivity index (χ2v) is 7.32. The quantitative estimate of drug-likeness (QED) is 0.510. The van der Waals surface area contributed by atoms with E-state index in [1.165, 1.54) is 11.3 Å². The molecule has 0 bridgehead atoms. The lowest BCUT2D eigenvalue weighted by atomic mass is 10.0. The van der Waals surface area contributed by atoms with E-state index >= 15 is 0 Å². The van der Waals surface area contributed by atoms with Crippen LogP contribution in [0.4, 0.5) is 0 Å². The Hall–Kier alpha value is -2.96. The molecular formula is C22H20N2O3S. The van der Waals surface area contributed by atoms with Gasteiger partial charge in [-0.15, -0.1) is 0 Å². The number of thiazole rings is 1. The van der Waals surface area contributed by atoms with Gasteiger partial charge in [0.15, 0.2) is 4.80 Å². The van der Waals surface area contributed by atoms with Crippen LogP contribution in [0, 0.1) is 0 Å². The van der Waals surface area contributed by atoms with E-state index in [-0.39, 0.29) is 5.91 Å². The SMILES string of the molecule is COCCn1c(=NC(=O)c2cccc3ccccc23)sc2cc(OC)ccc21. The van der Waals surface area contributed by atoms with E-state index in [2.05, 4.69) is 4.99 Å². The van der Waals surface area contributed by atoms with E-state index in [1.807, 2.05) is 65.2 Å². The second-order valence-electron chi connectivity index (χ2n) is 6.31. The molecule has 4 rings (SSSR count). The number of carbonyl (C=O) groups excluding carboxylic acids is 1. The first-order chi connectivity index (χ1) is 13.7. The van der Waals surface area contributed by atoms with Crippen molar-refractivity contribution >= 4 is 38.2 Å². The van der Waals surface area contributed by atoms with Crippen molar-refractivity contribution in [3.8, 4) is 5.75 Å². The standard InChI is InChI=1S/C22H20N2O3S/c1-26-13-12-24-19-11-10-16(27-2)14-20(19)28-22(24)23-21(25)18-9-5-7-15-6-3-4-8-17(15)18/h3-11,14H,12-13H2,1-2H3. The predicted octanol–water partition coefficient (Wildman–Crippen LogP) is 4.25. The molecule has 0 aliphatic rings. The van der Waals surface area contributed by atoms with Crippen molar-refractivity contribution in [3.63, 3.8) is 0 Å². The third-order valence-electron chi connectivity index (χ3n) is 4.63. The lowest BCUT2D eigenvalue weighted by molar-refractivity contribution is 0.0999. The Bertz CT molecular complexity index is 1220. The molecule has 0 saturated carbocycles. The molecule has 1 aromatic heterocycles. The Kier molecular flexibility index (Phi) is 5.23. The molecule has 4 aromatic rings. The van der Waals surface area contributed by atoms with Crippen LogP contribution in [-0.4, -0.2) is 31.3 Å². The highest BCUT2D eigenvalue weighted by Gasteiger charge is 2.12. The van der Waals surface area contributed by atoms with E-state index in [9.17, 15) is 4.79 Å². The molecule has 0 fully saturated rings. The second kappa shape index (κ2) is 7.96. The van der Waals surface area contributed by atoms with Gasteiger partial charge in [-0.2, -0.15) is 4.99 Å². The number of carbonyl (C=O) groups is 1. The van der Waals surface area contributed by atoms with Gasteiger partial charge in [-0.05, 0) is 35.0 Å². The summed E-state index contributed by atoms with van der Waals surface area (Å²) < 4.78 is 13.6. The molecule has 0 aliphatic carbocycles. The zero-order valence-corrected chi connectivity index (χ0v) is 16.5. The van der Waals surface area contributed by atoms with Crippen LogP contribution in [0.1, 0.15) is 10.4 Å². The first kappa shape index (κ1) is 18.4. The lowest BCUT2D eigenvalue weighted by Crippen LogP contribution is -2.19. The molecule has 1 heterocycles. The largest absolute Gasteiger partial charge is 0.497 e. The number of aromatic nitrogens is 1. The van der Waals surface area contributed by atoms with Crippen LogP contribution < -0.4 is 9.54 Å². The summed E-state index contributed by atoms with van der Waals surface area (Å²) in [4.78, 5) is 18.1. The number of amides is 1. The fraction of sp³-hybridized carbons (Fsp3) is 0.182. The van der Waals surface area contributed by atoms with Gasteiger partial charge in [0.1, 0.15) is 5.75 Å². The minimum absolute atomic E-state index is 0.249. The number of ether oxygens (including phenoxy) is 2. The molecule has 3 aromatic carbocycles. The third-order valence-corrected chi connectivity index (χ3v) is 5.67. The molecule has 0 unspecified atom stereocenters. The van der Waals surface area contributed by atoms with Crippen LogP contribution in [0.15, 0.2) is 65.7 Å². The molecule has 0 spiro atoms. The Morgan fingerprint density at radius 1 is 1.07 bits per heavy atom. The molecule has 0 atom stereocenters. The maximum absolute atomic E-state index is 13.0. The van der Waals surface area contributed by atoms with E-state index in [0.29, 0.717) is 23.5 Å². The molecule has 0 saturated heterocycles. The van der Waals surface area contributed by atoms with Crippen LogP contribution in [0.3, 0.4) is 0 Å². The first-order valence-electron chi connectivity index (χ1n) is 8.94. The van der Waals surface area contributed by atoms with E-state index < -0.39 is 0 Å². The van der Waals surface area contributed by atoms with Crippen LogP contribution in [0.5, 0.6) is 5.75 Å². The molecule has 28 heavy (non-hydrogen) atoms. The average molecular weight is 392 g/mol. The van der Waals surface area contributed by atoms with Crippen molar-refractivity contribution in [1.29, 1.82) is 0 Å². The van der Waals surface area contributed by atoms with Crippen LogP contribution in [-0.2, 0) is 11.3 Å². The van der Waals surface area contributed by atoms with Gasteiger partial charge in [0.2, 0.25) is 0 Å². The van der Waals surface area contributed by atoms with Gasteiger partial charge >= 0.3 is 0 Å². The molecular weight excluding hydrogens is 372 g/mol. The van der Waals surface area contributed by atoms with Crippen LogP contribution >= 0.6 is 11.3 Å². The van der Waals surface area contributed by atoms with Gasteiger partial charge in [0, 0.05) is 19.2 Å². The Labute approximate surface area is 166 Å². The topological polar surface area (TPSA) is 52.8 Å². The number of benzene rings is 3. The maximum Gasteiger partial charge on any atom is 0.280 e. The minimum atomic E-state index is -0.249. The summed E-state index contributed by atoms with van der Waals surface area (Å²) in [7, 11) is 3.30. The van der Waals surface area contributed by atoms with Crippen LogP contribution in [0.25, 0.3) is 21.0 Å². The predicted molar refractivity (Wildman–Crippen MR) is 112 cm³/mol. The maximum atomic E-state index is 13.0. The van der Waals surface area contributed by atoms with E-state index in [4.69, 9.17) is 9.47 Å². The lowest BCUT2D eigenvalue weighted by Gasteiger charge is -2.05. The van der Waals surface area contributed by atoms with Crippen molar-refractivity contribution in [3.05, 3.63) is 71.0 Å². The Balaban J connectivity index is 1.86. The fourth-order valence-electron chi connectivity index (χ4n) is 3.22. The average Bonchev–Trinajstić information content (AvgIpc) is 3.07. The third kappa shape index (κ3) is 3.44. The van der Waals surface area contributed by atoms with Gasteiger partial charge in [-0.25, -0.2) is 0 Å². The molecule has 0 aliphatic heterocycles. The summed E-state index contributed by atoms with van der Waals surface area (Å²) in [6.07, 6.45) is 0. The highest BCUT2D eigenvalue weighted by Crippen LogP contribution is 2.24. The summed E-state index contributed by atoms with van der Waals surface area (Å²) in [5.74, 6) is 0.529. The Morgan fingerprint density at radius 2 is 1.89 bits per heavy atom. The molecule has 6 heteroatoms. The molecule has 5 nitrogen and oxygen atoms in total. The molecule has 0 N–H and O–H groups in total. The normalized spacial score (nSPS) is 12.0. The zero-order chi connectivity index (χ0) is 19.5. The number of rotatable bonds is 5.